The number of aliphatic hydroxyl groups excluding tert-OH is 1. The van der Waals surface area contributed by atoms with Crippen molar-refractivity contribution in [2.24, 2.45) is 11.7 Å². The molecule has 1 heterocycles. The number of rotatable bonds is 6. The van der Waals surface area contributed by atoms with Crippen LogP contribution in [0.4, 0.5) is 11.8 Å². The molecule has 0 spiro atoms. The average Bonchev–Trinajstić information content (AvgIpc) is 2.65. The molecule has 0 aliphatic heterocycles. The monoisotopic (exact) mass is 377 g/mol. The number of aliphatic hydroxyl groups is 1. The molecule has 2 aliphatic carbocycles. The fourth-order valence-electron chi connectivity index (χ4n) is 3.99. The highest BCUT2D eigenvalue weighted by molar-refractivity contribution is 5.97. The van der Waals surface area contributed by atoms with Gasteiger partial charge in [0, 0.05) is 25.4 Å². The second kappa shape index (κ2) is 8.84. The maximum Gasteiger partial charge on any atom is 0.254 e. The van der Waals surface area contributed by atoms with Crippen molar-refractivity contribution in [3.63, 3.8) is 0 Å². The number of nitrogens with two attached hydrogens (primary N) is 1. The average molecular weight is 377 g/mol. The van der Waals surface area contributed by atoms with Crippen molar-refractivity contribution in [1.29, 1.82) is 0 Å². The molecule has 2 saturated carbocycles. The molecule has 0 saturated heterocycles. The zero-order valence-corrected chi connectivity index (χ0v) is 16.1. The van der Waals surface area contributed by atoms with Gasteiger partial charge in [0.25, 0.3) is 5.91 Å². The van der Waals surface area contributed by atoms with Crippen LogP contribution in [0.1, 0.15) is 62.2 Å². The van der Waals surface area contributed by atoms with Gasteiger partial charge in [-0.2, -0.15) is 4.98 Å². The van der Waals surface area contributed by atoms with E-state index in [4.69, 9.17) is 10.5 Å². The van der Waals surface area contributed by atoms with Crippen molar-refractivity contribution in [2.45, 2.75) is 76.2 Å². The Morgan fingerprint density at radius 2 is 1.89 bits per heavy atom. The first-order chi connectivity index (χ1) is 13.0. The highest BCUT2D eigenvalue weighted by Gasteiger charge is 2.27. The van der Waals surface area contributed by atoms with E-state index in [0.717, 1.165) is 38.5 Å². The Hall–Kier alpha value is -1.93. The van der Waals surface area contributed by atoms with Gasteiger partial charge in [-0.3, -0.25) is 4.79 Å². The molecule has 3 rings (SSSR count). The predicted molar refractivity (Wildman–Crippen MR) is 104 cm³/mol. The summed E-state index contributed by atoms with van der Waals surface area (Å²) in [5.74, 6) is 0.670. The Morgan fingerprint density at radius 1 is 1.19 bits per heavy atom. The summed E-state index contributed by atoms with van der Waals surface area (Å²) in [7, 11) is 1.75. The molecule has 1 aromatic rings. The molecule has 8 heteroatoms. The molecule has 8 nitrogen and oxygen atoms in total. The molecule has 0 aromatic carbocycles. The molecule has 150 valence electrons. The SMILES string of the molecule is COC1CCC(Nc2ncc(C(N)=O)c(N[C@@H]3CC[C@@H](C)[C@H](O)C3)n2)CC1. The third kappa shape index (κ3) is 5.07. The fourth-order valence-corrected chi connectivity index (χ4v) is 3.99. The molecular weight excluding hydrogens is 346 g/mol. The molecule has 5 N–H and O–H groups in total. The van der Waals surface area contributed by atoms with Crippen LogP contribution in [0, 0.1) is 5.92 Å². The number of carbonyl (C=O) groups is 1. The lowest BCUT2D eigenvalue weighted by atomic mass is 9.85. The van der Waals surface area contributed by atoms with Crippen LogP contribution in [0.2, 0.25) is 0 Å². The van der Waals surface area contributed by atoms with E-state index in [1.165, 1.54) is 6.20 Å². The lowest BCUT2D eigenvalue weighted by Crippen LogP contribution is -2.36. The minimum absolute atomic E-state index is 0.0641. The Morgan fingerprint density at radius 3 is 2.52 bits per heavy atom. The quantitative estimate of drug-likeness (QED) is 0.597. The molecule has 0 unspecified atom stereocenters. The lowest BCUT2D eigenvalue weighted by molar-refractivity contribution is 0.0681. The first kappa shape index (κ1) is 19.8. The van der Waals surface area contributed by atoms with Gasteiger partial charge in [-0.25, -0.2) is 4.98 Å². The molecule has 27 heavy (non-hydrogen) atoms. The summed E-state index contributed by atoms with van der Waals surface area (Å²) in [4.78, 5) is 20.6. The van der Waals surface area contributed by atoms with Gasteiger partial charge in [-0.05, 0) is 50.9 Å². The summed E-state index contributed by atoms with van der Waals surface area (Å²) < 4.78 is 5.41. The summed E-state index contributed by atoms with van der Waals surface area (Å²) in [6, 6.07) is 0.357. The molecule has 2 aliphatic rings. The molecule has 2 fully saturated rings. The van der Waals surface area contributed by atoms with Crippen LogP contribution in [0.25, 0.3) is 0 Å². The third-order valence-electron chi connectivity index (χ3n) is 5.89. The highest BCUT2D eigenvalue weighted by atomic mass is 16.5. The normalized spacial score (nSPS) is 31.3. The number of hydrogen-bond acceptors (Lipinski definition) is 7. The zero-order chi connectivity index (χ0) is 19.4. The van der Waals surface area contributed by atoms with Gasteiger partial charge < -0.3 is 26.2 Å². The van der Waals surface area contributed by atoms with Crippen molar-refractivity contribution in [3.05, 3.63) is 11.8 Å². The number of anilines is 2. The number of amides is 1. The Labute approximate surface area is 160 Å². The van der Waals surface area contributed by atoms with Crippen LogP contribution in [0.5, 0.6) is 0 Å². The predicted octanol–water partition coefficient (Wildman–Crippen LogP) is 1.91. The van der Waals surface area contributed by atoms with E-state index >= 15 is 0 Å². The largest absolute Gasteiger partial charge is 0.393 e. The van der Waals surface area contributed by atoms with E-state index in [9.17, 15) is 9.90 Å². The minimum atomic E-state index is -0.561. The standard InChI is InChI=1S/C19H31N5O3/c1-11-3-4-13(9-16(11)25)22-18-15(17(20)26)10-21-19(24-18)23-12-5-7-14(27-2)8-6-12/h10-14,16,25H,3-9H2,1-2H3,(H2,20,26)(H2,21,22,23,24)/t11-,12?,13-,14?,16-/m1/s1. The van der Waals surface area contributed by atoms with Crippen molar-refractivity contribution in [3.8, 4) is 0 Å². The Bertz CT molecular complexity index is 648. The van der Waals surface area contributed by atoms with Crippen LogP contribution in [0.3, 0.4) is 0 Å². The van der Waals surface area contributed by atoms with Crippen LogP contribution in [-0.4, -0.2) is 52.4 Å². The third-order valence-corrected chi connectivity index (χ3v) is 5.89. The van der Waals surface area contributed by atoms with Crippen LogP contribution >= 0.6 is 0 Å². The molecule has 3 atom stereocenters. The first-order valence-corrected chi connectivity index (χ1v) is 9.87. The maximum absolute atomic E-state index is 11.8. The summed E-state index contributed by atoms with van der Waals surface area (Å²) in [6.45, 7) is 2.06. The number of primary amides is 1. The van der Waals surface area contributed by atoms with Crippen molar-refractivity contribution >= 4 is 17.7 Å². The molecule has 0 bridgehead atoms. The van der Waals surface area contributed by atoms with Gasteiger partial charge in [0.05, 0.1) is 17.8 Å². The number of methoxy groups -OCH3 is 1. The van der Waals surface area contributed by atoms with Crippen LogP contribution in [0.15, 0.2) is 6.20 Å². The van der Waals surface area contributed by atoms with E-state index in [-0.39, 0.29) is 17.7 Å². The van der Waals surface area contributed by atoms with Crippen molar-refractivity contribution in [2.75, 3.05) is 17.7 Å². The lowest BCUT2D eigenvalue weighted by Gasteiger charge is -2.32. The van der Waals surface area contributed by atoms with Gasteiger partial charge >= 0.3 is 0 Å². The van der Waals surface area contributed by atoms with E-state index in [1.54, 1.807) is 7.11 Å². The van der Waals surface area contributed by atoms with Gasteiger partial charge in [-0.15, -0.1) is 0 Å². The zero-order valence-electron chi connectivity index (χ0n) is 16.1. The molecule has 1 aromatic heterocycles. The summed E-state index contributed by atoms with van der Waals surface area (Å²) in [5.41, 5.74) is 5.77. The Balaban J connectivity index is 1.68. The van der Waals surface area contributed by atoms with E-state index in [2.05, 4.69) is 27.5 Å². The second-order valence-electron chi connectivity index (χ2n) is 7.87. The number of nitrogens with one attached hydrogen (secondary N) is 2. The molecule has 1 amide bonds. The first-order valence-electron chi connectivity index (χ1n) is 9.87. The van der Waals surface area contributed by atoms with E-state index < -0.39 is 5.91 Å². The fraction of sp³-hybridized carbons (Fsp3) is 0.737. The van der Waals surface area contributed by atoms with Gasteiger partial charge in [-0.1, -0.05) is 6.92 Å². The van der Waals surface area contributed by atoms with Gasteiger partial charge in [0.1, 0.15) is 5.82 Å². The summed E-state index contributed by atoms with van der Waals surface area (Å²) >= 11 is 0. The highest BCUT2D eigenvalue weighted by Crippen LogP contribution is 2.28. The maximum atomic E-state index is 11.8. The summed E-state index contributed by atoms with van der Waals surface area (Å²) in [5, 5.41) is 16.8. The topological polar surface area (TPSA) is 122 Å². The number of ether oxygens (including phenoxy) is 1. The Kier molecular flexibility index (Phi) is 6.49. The van der Waals surface area contributed by atoms with Crippen LogP contribution in [-0.2, 0) is 4.74 Å². The molecular formula is C19H31N5O3. The van der Waals surface area contributed by atoms with Gasteiger partial charge in [0.2, 0.25) is 5.95 Å². The summed E-state index contributed by atoms with van der Waals surface area (Å²) in [6.07, 6.45) is 7.96. The van der Waals surface area contributed by atoms with Crippen molar-refractivity contribution < 1.29 is 14.6 Å². The number of hydrogen-bond donors (Lipinski definition) is 4. The smallest absolute Gasteiger partial charge is 0.254 e. The minimum Gasteiger partial charge on any atom is -0.393 e. The van der Waals surface area contributed by atoms with E-state index in [1.807, 2.05) is 0 Å². The second-order valence-corrected chi connectivity index (χ2v) is 7.87. The van der Waals surface area contributed by atoms with Gasteiger partial charge in [0.15, 0.2) is 0 Å². The number of carbonyl (C=O) groups excluding carboxylic acids is 1. The number of nitrogens with zero attached hydrogens (tertiary/aromatic N) is 2. The van der Waals surface area contributed by atoms with Crippen molar-refractivity contribution in [1.82, 2.24) is 9.97 Å². The van der Waals surface area contributed by atoms with Crippen LogP contribution < -0.4 is 16.4 Å². The number of aromatic nitrogens is 2. The molecule has 0 radical (unpaired) electrons. The van der Waals surface area contributed by atoms with E-state index in [0.29, 0.717) is 36.3 Å².